The smallest absolute Gasteiger partial charge is 0.426 e. The molecule has 0 radical (unpaired) electrons. The molecule has 1 aliphatic rings. The summed E-state index contributed by atoms with van der Waals surface area (Å²) in [6.07, 6.45) is 6.61. The Morgan fingerprint density at radius 3 is 2.13 bits per heavy atom. The molecule has 1 N–H and O–H groups in total. The molecule has 0 spiro atoms. The number of aromatic hydroxyl groups is 1. The maximum atomic E-state index is 14.7. The Bertz CT molecular complexity index is 798. The Morgan fingerprint density at radius 2 is 1.57 bits per heavy atom. The average Bonchev–Trinajstić information content (AvgIpc) is 2.72. The first-order chi connectivity index (χ1) is 14.3. The molecule has 0 unspecified atom stereocenters. The van der Waals surface area contributed by atoms with E-state index < -0.39 is 6.11 Å². The molecule has 1 fully saturated rings. The highest BCUT2D eigenvalue weighted by Gasteiger charge is 2.35. The minimum absolute atomic E-state index is 0.0540. The van der Waals surface area contributed by atoms with Crippen molar-refractivity contribution in [1.29, 1.82) is 0 Å². The second kappa shape index (κ2) is 9.80. The molecule has 0 heterocycles. The standard InChI is InChI=1S/C26H34F2O2/c1-4-5-6-7-20-8-10-21(11-9-20)22-12-14-23(15-13-22)26(27,28)30-24-16-18(2)25(29)19(3)17-24/h12-17,20-21,29H,4-11H2,1-3H3. The minimum atomic E-state index is -3.43. The van der Waals surface area contributed by atoms with Crippen molar-refractivity contribution < 1.29 is 18.6 Å². The number of halogens is 2. The van der Waals surface area contributed by atoms with E-state index in [-0.39, 0.29) is 17.1 Å². The summed E-state index contributed by atoms with van der Waals surface area (Å²) in [6, 6.07) is 9.52. The number of hydrogen-bond donors (Lipinski definition) is 1. The van der Waals surface area contributed by atoms with Gasteiger partial charge in [0.25, 0.3) is 0 Å². The molecule has 0 saturated heterocycles. The quantitative estimate of drug-likeness (QED) is 0.442. The fourth-order valence-electron chi connectivity index (χ4n) is 4.60. The first-order valence-electron chi connectivity index (χ1n) is 11.3. The summed E-state index contributed by atoms with van der Waals surface area (Å²) in [5.74, 6) is 1.47. The first kappa shape index (κ1) is 22.6. The van der Waals surface area contributed by atoms with Gasteiger partial charge in [-0.25, -0.2) is 0 Å². The molecular weight excluding hydrogens is 382 g/mol. The van der Waals surface area contributed by atoms with E-state index in [0.29, 0.717) is 17.0 Å². The van der Waals surface area contributed by atoms with E-state index in [9.17, 15) is 13.9 Å². The summed E-state index contributed by atoms with van der Waals surface area (Å²) in [5.41, 5.74) is 2.03. The van der Waals surface area contributed by atoms with Crippen LogP contribution in [0.25, 0.3) is 0 Å². The predicted octanol–water partition coefficient (Wildman–Crippen LogP) is 7.99. The van der Waals surface area contributed by atoms with Gasteiger partial charge in [0.15, 0.2) is 0 Å². The molecule has 0 atom stereocenters. The van der Waals surface area contributed by atoms with Gasteiger partial charge in [-0.05, 0) is 92.3 Å². The zero-order chi connectivity index (χ0) is 21.7. The number of phenols is 1. The SMILES string of the molecule is CCCCCC1CCC(c2ccc(C(F)(F)Oc3cc(C)c(O)c(C)c3)cc2)CC1. The predicted molar refractivity (Wildman–Crippen MR) is 117 cm³/mol. The molecule has 3 rings (SSSR count). The average molecular weight is 417 g/mol. The Labute approximate surface area is 179 Å². The molecule has 0 amide bonds. The number of aryl methyl sites for hydroxylation is 2. The summed E-state index contributed by atoms with van der Waals surface area (Å²) in [6.45, 7) is 5.57. The lowest BCUT2D eigenvalue weighted by Crippen LogP contribution is -2.22. The highest BCUT2D eigenvalue weighted by molar-refractivity contribution is 5.45. The van der Waals surface area contributed by atoms with Crippen LogP contribution in [0.2, 0.25) is 0 Å². The third-order valence-electron chi connectivity index (χ3n) is 6.49. The van der Waals surface area contributed by atoms with Crippen LogP contribution >= 0.6 is 0 Å². The number of phenolic OH excluding ortho intramolecular Hbond substituents is 1. The van der Waals surface area contributed by atoms with Crippen molar-refractivity contribution in [2.24, 2.45) is 5.92 Å². The summed E-state index contributed by atoms with van der Waals surface area (Å²) in [7, 11) is 0. The maximum absolute atomic E-state index is 14.7. The molecule has 1 aliphatic carbocycles. The van der Waals surface area contributed by atoms with Crippen LogP contribution in [0.1, 0.15) is 86.5 Å². The van der Waals surface area contributed by atoms with Gasteiger partial charge in [0.1, 0.15) is 11.5 Å². The largest absolute Gasteiger partial charge is 0.507 e. The molecule has 2 aromatic rings. The van der Waals surface area contributed by atoms with Crippen LogP contribution in [0.5, 0.6) is 11.5 Å². The first-order valence-corrected chi connectivity index (χ1v) is 11.3. The van der Waals surface area contributed by atoms with Crippen LogP contribution in [0.4, 0.5) is 8.78 Å². The number of benzene rings is 2. The van der Waals surface area contributed by atoms with Crippen molar-refractivity contribution >= 4 is 0 Å². The molecule has 2 aromatic carbocycles. The van der Waals surface area contributed by atoms with Crippen LogP contribution in [0.15, 0.2) is 36.4 Å². The summed E-state index contributed by atoms with van der Waals surface area (Å²) >= 11 is 0. The zero-order valence-electron chi connectivity index (χ0n) is 18.4. The van der Waals surface area contributed by atoms with Gasteiger partial charge in [-0.15, -0.1) is 0 Å². The van der Waals surface area contributed by atoms with E-state index in [1.165, 1.54) is 62.8 Å². The van der Waals surface area contributed by atoms with Crippen LogP contribution in [0.3, 0.4) is 0 Å². The molecule has 30 heavy (non-hydrogen) atoms. The zero-order valence-corrected chi connectivity index (χ0v) is 18.4. The Balaban J connectivity index is 1.61. The Morgan fingerprint density at radius 1 is 0.967 bits per heavy atom. The number of unbranched alkanes of at least 4 members (excludes halogenated alkanes) is 2. The van der Waals surface area contributed by atoms with Gasteiger partial charge in [0.2, 0.25) is 0 Å². The molecule has 1 saturated carbocycles. The monoisotopic (exact) mass is 416 g/mol. The van der Waals surface area contributed by atoms with E-state index in [4.69, 9.17) is 4.74 Å². The molecule has 2 nitrogen and oxygen atoms in total. The van der Waals surface area contributed by atoms with E-state index >= 15 is 0 Å². The second-order valence-corrected chi connectivity index (χ2v) is 8.86. The third kappa shape index (κ3) is 5.53. The Kier molecular flexibility index (Phi) is 7.38. The van der Waals surface area contributed by atoms with Crippen molar-refractivity contribution in [2.75, 3.05) is 0 Å². The van der Waals surface area contributed by atoms with Crippen LogP contribution in [-0.2, 0) is 6.11 Å². The molecular formula is C26H34F2O2. The highest BCUT2D eigenvalue weighted by atomic mass is 19.3. The van der Waals surface area contributed by atoms with E-state index in [2.05, 4.69) is 6.92 Å². The van der Waals surface area contributed by atoms with Crippen LogP contribution in [-0.4, -0.2) is 5.11 Å². The van der Waals surface area contributed by atoms with Crippen LogP contribution in [0, 0.1) is 19.8 Å². The highest BCUT2D eigenvalue weighted by Crippen LogP contribution is 2.39. The third-order valence-corrected chi connectivity index (χ3v) is 6.49. The minimum Gasteiger partial charge on any atom is -0.507 e. The lowest BCUT2D eigenvalue weighted by atomic mass is 9.77. The molecule has 4 heteroatoms. The van der Waals surface area contributed by atoms with Gasteiger partial charge in [0, 0.05) is 0 Å². The summed E-state index contributed by atoms with van der Waals surface area (Å²) < 4.78 is 34.4. The van der Waals surface area contributed by atoms with E-state index in [1.807, 2.05) is 12.1 Å². The van der Waals surface area contributed by atoms with Crippen molar-refractivity contribution in [1.82, 2.24) is 0 Å². The van der Waals surface area contributed by atoms with Gasteiger partial charge in [0.05, 0.1) is 5.56 Å². The van der Waals surface area contributed by atoms with E-state index in [1.54, 1.807) is 13.8 Å². The maximum Gasteiger partial charge on any atom is 0.426 e. The lowest BCUT2D eigenvalue weighted by Gasteiger charge is -2.29. The second-order valence-electron chi connectivity index (χ2n) is 8.86. The normalized spacial score (nSPS) is 19.6. The number of hydrogen-bond acceptors (Lipinski definition) is 2. The molecule has 0 aliphatic heterocycles. The summed E-state index contributed by atoms with van der Waals surface area (Å²) in [5, 5.41) is 9.83. The van der Waals surface area contributed by atoms with Gasteiger partial charge in [-0.2, -0.15) is 8.78 Å². The summed E-state index contributed by atoms with van der Waals surface area (Å²) in [4.78, 5) is 0. The molecule has 0 bridgehead atoms. The topological polar surface area (TPSA) is 29.5 Å². The van der Waals surface area contributed by atoms with Gasteiger partial charge < -0.3 is 9.84 Å². The van der Waals surface area contributed by atoms with Crippen LogP contribution < -0.4 is 4.74 Å². The number of rotatable bonds is 8. The fourth-order valence-corrected chi connectivity index (χ4v) is 4.60. The Hall–Kier alpha value is -2.10. The van der Waals surface area contributed by atoms with Gasteiger partial charge in [-0.1, -0.05) is 44.7 Å². The van der Waals surface area contributed by atoms with Crippen molar-refractivity contribution in [2.45, 2.75) is 84.2 Å². The van der Waals surface area contributed by atoms with Gasteiger partial charge in [-0.3, -0.25) is 0 Å². The number of alkyl halides is 2. The van der Waals surface area contributed by atoms with E-state index in [0.717, 1.165) is 24.3 Å². The molecule has 164 valence electrons. The fraction of sp³-hybridized carbons (Fsp3) is 0.538. The number of ether oxygens (including phenoxy) is 1. The van der Waals surface area contributed by atoms with Crippen molar-refractivity contribution in [3.8, 4) is 11.5 Å². The van der Waals surface area contributed by atoms with Crippen molar-refractivity contribution in [3.05, 3.63) is 58.7 Å². The van der Waals surface area contributed by atoms with Crippen molar-refractivity contribution in [3.63, 3.8) is 0 Å². The van der Waals surface area contributed by atoms with Gasteiger partial charge >= 0.3 is 6.11 Å². The lowest BCUT2D eigenvalue weighted by molar-refractivity contribution is -0.185. The molecule has 0 aromatic heterocycles.